The molecule has 0 fully saturated rings. The third kappa shape index (κ3) is 8.27. The standard InChI is InChI=1S/C29H41N3O7S/c1-6-21(3)30-29(34)25(7-2)31(20-22-10-8-11-24(18-22)37-4)28(33)12-9-15-32(40(5,35)36)23-13-14-26-27(19-23)39-17-16-38-26/h8,10-11,13-14,18-19,21,25H,6-7,9,12,15-17,20H2,1-5H3,(H,30,34). The Morgan fingerprint density at radius 1 is 1.05 bits per heavy atom. The fraction of sp³-hybridized carbons (Fsp3) is 0.517. The summed E-state index contributed by atoms with van der Waals surface area (Å²) in [6.45, 7) is 6.92. The van der Waals surface area contributed by atoms with E-state index in [0.717, 1.165) is 18.2 Å². The van der Waals surface area contributed by atoms with Crippen LogP contribution in [-0.2, 0) is 26.2 Å². The zero-order chi connectivity index (χ0) is 29.3. The van der Waals surface area contributed by atoms with Crippen molar-refractivity contribution in [1.29, 1.82) is 0 Å². The molecule has 2 unspecified atom stereocenters. The minimum atomic E-state index is -3.64. The summed E-state index contributed by atoms with van der Waals surface area (Å²) in [6, 6.07) is 11.7. The van der Waals surface area contributed by atoms with E-state index in [0.29, 0.717) is 42.6 Å². The highest BCUT2D eigenvalue weighted by Gasteiger charge is 2.29. The Bertz CT molecular complexity index is 1270. The second kappa shape index (κ2) is 14.2. The number of ether oxygens (including phenoxy) is 3. The van der Waals surface area contributed by atoms with Gasteiger partial charge in [0.15, 0.2) is 11.5 Å². The van der Waals surface area contributed by atoms with Crippen molar-refractivity contribution >= 4 is 27.5 Å². The van der Waals surface area contributed by atoms with Crippen LogP contribution in [0.1, 0.15) is 52.0 Å². The van der Waals surface area contributed by atoms with Crippen LogP contribution in [0.4, 0.5) is 5.69 Å². The number of hydrogen-bond acceptors (Lipinski definition) is 7. The molecule has 2 amide bonds. The van der Waals surface area contributed by atoms with E-state index in [1.165, 1.54) is 4.31 Å². The monoisotopic (exact) mass is 575 g/mol. The van der Waals surface area contributed by atoms with Gasteiger partial charge in [0.25, 0.3) is 0 Å². The maximum Gasteiger partial charge on any atom is 0.243 e. The van der Waals surface area contributed by atoms with Crippen LogP contribution in [0, 0.1) is 0 Å². The van der Waals surface area contributed by atoms with Crippen molar-refractivity contribution in [2.45, 2.75) is 65.1 Å². The first-order valence-corrected chi connectivity index (χ1v) is 15.5. The average molecular weight is 576 g/mol. The number of sulfonamides is 1. The molecular formula is C29H41N3O7S. The van der Waals surface area contributed by atoms with Gasteiger partial charge >= 0.3 is 0 Å². The van der Waals surface area contributed by atoms with Crippen LogP contribution in [0.2, 0.25) is 0 Å². The van der Waals surface area contributed by atoms with E-state index >= 15 is 0 Å². The molecule has 0 spiro atoms. The number of methoxy groups -OCH3 is 1. The molecule has 40 heavy (non-hydrogen) atoms. The fourth-order valence-electron chi connectivity index (χ4n) is 4.52. The third-order valence-corrected chi connectivity index (χ3v) is 8.03. The van der Waals surface area contributed by atoms with E-state index in [2.05, 4.69) is 5.32 Å². The van der Waals surface area contributed by atoms with Crippen molar-refractivity contribution < 1.29 is 32.2 Å². The van der Waals surface area contributed by atoms with Crippen LogP contribution >= 0.6 is 0 Å². The van der Waals surface area contributed by atoms with E-state index < -0.39 is 16.1 Å². The SMILES string of the molecule is CCC(C)NC(=O)C(CC)N(Cc1cccc(OC)c1)C(=O)CCCN(c1ccc2c(c1)OCCO2)S(C)(=O)=O. The van der Waals surface area contributed by atoms with E-state index in [4.69, 9.17) is 14.2 Å². The van der Waals surface area contributed by atoms with Crippen molar-refractivity contribution in [1.82, 2.24) is 10.2 Å². The number of hydrogen-bond donors (Lipinski definition) is 1. The summed E-state index contributed by atoms with van der Waals surface area (Å²) < 4.78 is 43.1. The number of amides is 2. The zero-order valence-corrected chi connectivity index (χ0v) is 24.8. The minimum Gasteiger partial charge on any atom is -0.497 e. The summed E-state index contributed by atoms with van der Waals surface area (Å²) in [7, 11) is -2.06. The Hall–Kier alpha value is -3.47. The second-order valence-electron chi connectivity index (χ2n) is 9.88. The van der Waals surface area contributed by atoms with Gasteiger partial charge in [0.2, 0.25) is 21.8 Å². The summed E-state index contributed by atoms with van der Waals surface area (Å²) >= 11 is 0. The molecule has 0 bridgehead atoms. The van der Waals surface area contributed by atoms with Crippen molar-refractivity contribution in [3.8, 4) is 17.2 Å². The van der Waals surface area contributed by atoms with Gasteiger partial charge in [-0.15, -0.1) is 0 Å². The highest BCUT2D eigenvalue weighted by molar-refractivity contribution is 7.92. The quantitative estimate of drug-likeness (QED) is 0.365. The second-order valence-corrected chi connectivity index (χ2v) is 11.8. The number of carbonyl (C=O) groups excluding carboxylic acids is 2. The number of nitrogens with one attached hydrogen (secondary N) is 1. The summed E-state index contributed by atoms with van der Waals surface area (Å²) in [6.07, 6.45) is 2.66. The smallest absolute Gasteiger partial charge is 0.243 e. The molecule has 0 aromatic heterocycles. The van der Waals surface area contributed by atoms with Gasteiger partial charge in [-0.25, -0.2) is 8.42 Å². The molecule has 2 atom stereocenters. The number of benzene rings is 2. The van der Waals surface area contributed by atoms with Gasteiger partial charge in [-0.05, 0) is 56.0 Å². The lowest BCUT2D eigenvalue weighted by Crippen LogP contribution is -2.50. The molecule has 1 aliphatic heterocycles. The molecule has 1 heterocycles. The average Bonchev–Trinajstić information content (AvgIpc) is 2.94. The number of nitrogens with zero attached hydrogens (tertiary/aromatic N) is 2. The first-order chi connectivity index (χ1) is 19.1. The molecule has 11 heteroatoms. The summed E-state index contributed by atoms with van der Waals surface area (Å²) in [4.78, 5) is 28.4. The molecule has 3 rings (SSSR count). The fourth-order valence-corrected chi connectivity index (χ4v) is 5.48. The summed E-state index contributed by atoms with van der Waals surface area (Å²) in [5.74, 6) is 1.26. The lowest BCUT2D eigenvalue weighted by atomic mass is 10.1. The van der Waals surface area contributed by atoms with Crippen LogP contribution in [-0.4, -0.2) is 70.3 Å². The maximum absolute atomic E-state index is 13.6. The van der Waals surface area contributed by atoms with Gasteiger partial charge in [-0.1, -0.05) is 26.0 Å². The zero-order valence-electron chi connectivity index (χ0n) is 24.0. The predicted octanol–water partition coefficient (Wildman–Crippen LogP) is 3.73. The third-order valence-electron chi connectivity index (χ3n) is 6.84. The van der Waals surface area contributed by atoms with Crippen molar-refractivity contribution in [2.75, 3.05) is 37.4 Å². The largest absolute Gasteiger partial charge is 0.497 e. The topological polar surface area (TPSA) is 114 Å². The van der Waals surface area contributed by atoms with Crippen LogP contribution in [0.15, 0.2) is 42.5 Å². The highest BCUT2D eigenvalue weighted by Crippen LogP contribution is 2.34. The highest BCUT2D eigenvalue weighted by atomic mass is 32.2. The number of rotatable bonds is 14. The van der Waals surface area contributed by atoms with E-state index in [1.807, 2.05) is 45.0 Å². The van der Waals surface area contributed by atoms with Gasteiger partial charge in [0.1, 0.15) is 25.0 Å². The Labute approximate surface area is 237 Å². The summed E-state index contributed by atoms with van der Waals surface area (Å²) in [5, 5.41) is 3.00. The Balaban J connectivity index is 1.79. The Morgan fingerprint density at radius 3 is 2.42 bits per heavy atom. The molecule has 10 nitrogen and oxygen atoms in total. The molecule has 0 saturated heterocycles. The van der Waals surface area contributed by atoms with Crippen molar-refractivity contribution in [3.05, 3.63) is 48.0 Å². The van der Waals surface area contributed by atoms with Crippen LogP contribution in [0.3, 0.4) is 0 Å². The predicted molar refractivity (Wildman–Crippen MR) is 154 cm³/mol. The normalized spacial score (nSPS) is 14.1. The molecule has 0 aliphatic carbocycles. The van der Waals surface area contributed by atoms with E-state index in [9.17, 15) is 18.0 Å². The van der Waals surface area contributed by atoms with E-state index in [-0.39, 0.29) is 43.8 Å². The van der Waals surface area contributed by atoms with Crippen LogP contribution in [0.25, 0.3) is 0 Å². The minimum absolute atomic E-state index is 0.0235. The molecule has 220 valence electrons. The Morgan fingerprint density at radius 2 is 1.77 bits per heavy atom. The van der Waals surface area contributed by atoms with Gasteiger partial charge in [-0.3, -0.25) is 13.9 Å². The van der Waals surface area contributed by atoms with Gasteiger partial charge in [-0.2, -0.15) is 0 Å². The van der Waals surface area contributed by atoms with Gasteiger partial charge in [0.05, 0.1) is 19.1 Å². The molecule has 1 N–H and O–H groups in total. The molecule has 2 aromatic rings. The molecule has 1 aliphatic rings. The number of anilines is 1. The molecule has 0 radical (unpaired) electrons. The number of carbonyl (C=O) groups is 2. The van der Waals surface area contributed by atoms with E-state index in [1.54, 1.807) is 30.2 Å². The molecule has 2 aromatic carbocycles. The summed E-state index contributed by atoms with van der Waals surface area (Å²) in [5.41, 5.74) is 1.27. The first kappa shape index (κ1) is 31.1. The van der Waals surface area contributed by atoms with Gasteiger partial charge < -0.3 is 24.4 Å². The van der Waals surface area contributed by atoms with Crippen LogP contribution < -0.4 is 23.8 Å². The lowest BCUT2D eigenvalue weighted by molar-refractivity contribution is -0.141. The Kier molecular flexibility index (Phi) is 11.1. The molecule has 0 saturated carbocycles. The first-order valence-electron chi connectivity index (χ1n) is 13.7. The molecular weight excluding hydrogens is 534 g/mol. The van der Waals surface area contributed by atoms with Crippen LogP contribution in [0.5, 0.6) is 17.2 Å². The van der Waals surface area contributed by atoms with Gasteiger partial charge in [0, 0.05) is 31.6 Å². The lowest BCUT2D eigenvalue weighted by Gasteiger charge is -2.32. The maximum atomic E-state index is 13.6. The number of fused-ring (bicyclic) bond motifs is 1. The van der Waals surface area contributed by atoms with Crippen molar-refractivity contribution in [2.24, 2.45) is 0 Å². The van der Waals surface area contributed by atoms with Crippen molar-refractivity contribution in [3.63, 3.8) is 0 Å².